The summed E-state index contributed by atoms with van der Waals surface area (Å²) in [6.07, 6.45) is 1.58. The number of ether oxygens (including phenoxy) is 2. The Bertz CT molecular complexity index is 334. The Labute approximate surface area is 134 Å². The van der Waals surface area contributed by atoms with Crippen LogP contribution in [0.1, 0.15) is 54.4 Å². The average Bonchev–Trinajstić information content (AvgIpc) is 2.42. The summed E-state index contributed by atoms with van der Waals surface area (Å²) in [5, 5.41) is 6.28. The smallest absolute Gasteiger partial charge is 0.322 e. The van der Waals surface area contributed by atoms with Crippen LogP contribution in [0.3, 0.4) is 0 Å². The largest absolute Gasteiger partial charge is 0.465 e. The summed E-state index contributed by atoms with van der Waals surface area (Å²) in [6, 6.07) is -0.215. The molecule has 2 N–H and O–H groups in total. The van der Waals surface area contributed by atoms with E-state index >= 15 is 0 Å². The second-order valence-electron chi connectivity index (χ2n) is 5.89. The molecule has 0 aliphatic rings. The molecular weight excluding hydrogens is 284 g/mol. The Balaban J connectivity index is 3.82. The Kier molecular flexibility index (Phi) is 10.8. The Hall–Kier alpha value is -1.14. The van der Waals surface area contributed by atoms with Crippen molar-refractivity contribution in [2.45, 2.75) is 78.6 Å². The fourth-order valence-electron chi connectivity index (χ4n) is 2.10. The maximum absolute atomic E-state index is 11.7. The molecule has 0 heterocycles. The molecule has 1 unspecified atom stereocenters. The minimum absolute atomic E-state index is 0.157. The first kappa shape index (κ1) is 20.9. The highest BCUT2D eigenvalue weighted by Gasteiger charge is 2.17. The molecule has 0 radical (unpaired) electrons. The maximum atomic E-state index is 11.7. The first-order valence-corrected chi connectivity index (χ1v) is 8.13. The number of hydrogen-bond donors (Lipinski definition) is 2. The molecule has 0 amide bonds. The molecule has 6 heteroatoms. The molecule has 0 rings (SSSR count). The van der Waals surface area contributed by atoms with Gasteiger partial charge in [0.2, 0.25) is 0 Å². The van der Waals surface area contributed by atoms with Gasteiger partial charge in [0.15, 0.2) is 0 Å². The quantitative estimate of drug-likeness (QED) is 0.446. The van der Waals surface area contributed by atoms with Gasteiger partial charge in [0.05, 0.1) is 13.2 Å². The van der Waals surface area contributed by atoms with Gasteiger partial charge in [0.25, 0.3) is 0 Å². The van der Waals surface area contributed by atoms with Gasteiger partial charge in [-0.3, -0.25) is 9.59 Å². The minimum atomic E-state index is -0.326. The molecule has 0 saturated carbocycles. The van der Waals surface area contributed by atoms with Crippen molar-refractivity contribution in [3.63, 3.8) is 0 Å². The lowest BCUT2D eigenvalue weighted by atomic mass is 10.1. The van der Waals surface area contributed by atoms with Crippen LogP contribution < -0.4 is 10.6 Å². The zero-order chi connectivity index (χ0) is 17.1. The lowest BCUT2D eigenvalue weighted by molar-refractivity contribution is -0.146. The minimum Gasteiger partial charge on any atom is -0.465 e. The highest BCUT2D eigenvalue weighted by atomic mass is 16.5. The van der Waals surface area contributed by atoms with Crippen LogP contribution in [0.25, 0.3) is 0 Å². The van der Waals surface area contributed by atoms with Crippen molar-refractivity contribution in [1.29, 1.82) is 0 Å². The van der Waals surface area contributed by atoms with Crippen molar-refractivity contribution >= 4 is 11.9 Å². The fourth-order valence-corrected chi connectivity index (χ4v) is 2.10. The highest BCUT2D eigenvalue weighted by Crippen LogP contribution is 2.01. The van der Waals surface area contributed by atoms with E-state index in [1.807, 2.05) is 20.8 Å². The summed E-state index contributed by atoms with van der Waals surface area (Å²) in [4.78, 5) is 23.2. The van der Waals surface area contributed by atoms with E-state index < -0.39 is 0 Å². The zero-order valence-electron chi connectivity index (χ0n) is 14.8. The molecule has 6 nitrogen and oxygen atoms in total. The van der Waals surface area contributed by atoms with E-state index in [0.717, 1.165) is 12.8 Å². The normalized spacial score (nSPS) is 15.2. The van der Waals surface area contributed by atoms with E-state index in [9.17, 15) is 9.59 Å². The first-order valence-electron chi connectivity index (χ1n) is 8.13. The third kappa shape index (κ3) is 9.73. The summed E-state index contributed by atoms with van der Waals surface area (Å²) < 4.78 is 10.2. The molecule has 0 saturated heterocycles. The Morgan fingerprint density at radius 2 is 1.45 bits per heavy atom. The van der Waals surface area contributed by atoms with Gasteiger partial charge in [0, 0.05) is 12.1 Å². The summed E-state index contributed by atoms with van der Waals surface area (Å²) >= 11 is 0. The number of nitrogens with one attached hydrogen (secondary N) is 2. The zero-order valence-corrected chi connectivity index (χ0v) is 14.8. The Morgan fingerprint density at radius 1 is 0.909 bits per heavy atom. The van der Waals surface area contributed by atoms with Gasteiger partial charge in [-0.05, 0) is 40.5 Å². The number of carbonyl (C=O) groups is 2. The molecule has 0 aromatic carbocycles. The molecular formula is C16H32N2O4. The molecule has 0 aromatic rings. The predicted molar refractivity (Wildman–Crippen MR) is 86.6 cm³/mol. The molecule has 22 heavy (non-hydrogen) atoms. The molecule has 0 fully saturated rings. The second kappa shape index (κ2) is 11.4. The standard InChI is InChI=1S/C16H32N2O4/c1-7-21-15(19)14(6)18-12(4)9-8-10-22-16(20)13(5)17-11(2)3/h11-14,17-18H,7-10H2,1-6H3/t12?,13-,14-/m0/s1. The number of hydrogen-bond acceptors (Lipinski definition) is 6. The van der Waals surface area contributed by atoms with E-state index in [4.69, 9.17) is 9.47 Å². The van der Waals surface area contributed by atoms with Crippen LogP contribution in [-0.4, -0.2) is 49.3 Å². The van der Waals surface area contributed by atoms with Gasteiger partial charge in [-0.2, -0.15) is 0 Å². The summed E-state index contributed by atoms with van der Waals surface area (Å²) in [7, 11) is 0. The maximum Gasteiger partial charge on any atom is 0.322 e. The van der Waals surface area contributed by atoms with Crippen LogP contribution in [-0.2, 0) is 19.1 Å². The molecule has 0 bridgehead atoms. The van der Waals surface area contributed by atoms with E-state index in [0.29, 0.717) is 13.2 Å². The summed E-state index contributed by atoms with van der Waals surface area (Å²) in [5.41, 5.74) is 0. The van der Waals surface area contributed by atoms with Crippen LogP contribution in [0.15, 0.2) is 0 Å². The van der Waals surface area contributed by atoms with Gasteiger partial charge < -0.3 is 20.1 Å². The summed E-state index contributed by atoms with van der Waals surface area (Å²) in [6.45, 7) is 12.1. The van der Waals surface area contributed by atoms with E-state index in [-0.39, 0.29) is 36.1 Å². The van der Waals surface area contributed by atoms with Gasteiger partial charge in [-0.1, -0.05) is 13.8 Å². The van der Waals surface area contributed by atoms with Crippen LogP contribution in [0.4, 0.5) is 0 Å². The molecule has 3 atom stereocenters. The van der Waals surface area contributed by atoms with Crippen molar-refractivity contribution < 1.29 is 19.1 Å². The van der Waals surface area contributed by atoms with Gasteiger partial charge in [-0.25, -0.2) is 0 Å². The van der Waals surface area contributed by atoms with E-state index in [1.54, 1.807) is 20.8 Å². The lowest BCUT2D eigenvalue weighted by Gasteiger charge is -2.19. The summed E-state index contributed by atoms with van der Waals surface area (Å²) in [5.74, 6) is -0.469. The van der Waals surface area contributed by atoms with Gasteiger partial charge >= 0.3 is 11.9 Å². The monoisotopic (exact) mass is 316 g/mol. The predicted octanol–water partition coefficient (Wildman–Crippen LogP) is 1.63. The van der Waals surface area contributed by atoms with Crippen LogP contribution in [0, 0.1) is 0 Å². The fraction of sp³-hybridized carbons (Fsp3) is 0.875. The third-order valence-corrected chi connectivity index (χ3v) is 3.14. The van der Waals surface area contributed by atoms with Crippen molar-refractivity contribution in [2.24, 2.45) is 0 Å². The lowest BCUT2D eigenvalue weighted by Crippen LogP contribution is -2.41. The topological polar surface area (TPSA) is 76.7 Å². The van der Waals surface area contributed by atoms with Crippen molar-refractivity contribution in [1.82, 2.24) is 10.6 Å². The van der Waals surface area contributed by atoms with Crippen molar-refractivity contribution in [3.8, 4) is 0 Å². The SMILES string of the molecule is CCOC(=O)[C@H](C)NC(C)CCCOC(=O)[C@H](C)NC(C)C. The number of carbonyl (C=O) groups excluding carboxylic acids is 2. The highest BCUT2D eigenvalue weighted by molar-refractivity contribution is 5.75. The first-order chi connectivity index (χ1) is 10.3. The Morgan fingerprint density at radius 3 is 2.00 bits per heavy atom. The molecule has 0 spiro atoms. The van der Waals surface area contributed by atoms with Crippen LogP contribution >= 0.6 is 0 Å². The number of rotatable bonds is 11. The van der Waals surface area contributed by atoms with Gasteiger partial charge in [0.1, 0.15) is 12.1 Å². The molecule has 0 aliphatic heterocycles. The van der Waals surface area contributed by atoms with Crippen molar-refractivity contribution in [2.75, 3.05) is 13.2 Å². The van der Waals surface area contributed by atoms with E-state index in [1.165, 1.54) is 0 Å². The molecule has 0 aromatic heterocycles. The van der Waals surface area contributed by atoms with E-state index in [2.05, 4.69) is 10.6 Å². The van der Waals surface area contributed by atoms with Crippen LogP contribution in [0.5, 0.6) is 0 Å². The second-order valence-corrected chi connectivity index (χ2v) is 5.89. The molecule has 130 valence electrons. The third-order valence-electron chi connectivity index (χ3n) is 3.14. The average molecular weight is 316 g/mol. The van der Waals surface area contributed by atoms with Gasteiger partial charge in [-0.15, -0.1) is 0 Å². The number of esters is 2. The van der Waals surface area contributed by atoms with Crippen LogP contribution in [0.2, 0.25) is 0 Å². The van der Waals surface area contributed by atoms with Crippen molar-refractivity contribution in [3.05, 3.63) is 0 Å². The molecule has 0 aliphatic carbocycles.